The van der Waals surface area contributed by atoms with Crippen molar-refractivity contribution in [2.45, 2.75) is 30.2 Å². The molecule has 1 aliphatic rings. The summed E-state index contributed by atoms with van der Waals surface area (Å²) < 4.78 is 29.0. The molecule has 2 heterocycles. The highest BCUT2D eigenvalue weighted by Gasteiger charge is 2.37. The number of carbonyl (C=O) groups excluding carboxylic acids is 1. The van der Waals surface area contributed by atoms with Gasteiger partial charge in [-0.15, -0.1) is 5.10 Å². The quantitative estimate of drug-likeness (QED) is 0.685. The summed E-state index contributed by atoms with van der Waals surface area (Å²) in [5.74, 6) is -0.349. The van der Waals surface area contributed by atoms with Crippen molar-refractivity contribution in [3.8, 4) is 5.69 Å². The Balaban J connectivity index is 1.56. The van der Waals surface area contributed by atoms with Gasteiger partial charge in [0.2, 0.25) is 15.9 Å². The van der Waals surface area contributed by atoms with Gasteiger partial charge < -0.3 is 5.32 Å². The van der Waals surface area contributed by atoms with Crippen LogP contribution in [0.25, 0.3) is 5.69 Å². The number of sulfonamides is 1. The molecule has 1 aromatic heterocycles. The largest absolute Gasteiger partial charge is 0.325 e. The molecule has 0 spiro atoms. The van der Waals surface area contributed by atoms with Crippen molar-refractivity contribution in [1.29, 1.82) is 0 Å². The molecule has 150 valence electrons. The summed E-state index contributed by atoms with van der Waals surface area (Å²) in [6.45, 7) is 0.319. The third kappa shape index (κ3) is 4.03. The Hall–Kier alpha value is -3.11. The lowest BCUT2D eigenvalue weighted by Gasteiger charge is -2.33. The lowest BCUT2D eigenvalue weighted by Crippen LogP contribution is -2.49. The molecule has 1 N–H and O–H groups in total. The first-order valence-electron chi connectivity index (χ1n) is 9.27. The molecule has 2 aromatic carbocycles. The van der Waals surface area contributed by atoms with Crippen molar-refractivity contribution < 1.29 is 13.2 Å². The molecule has 0 saturated carbocycles. The minimum atomic E-state index is -3.75. The Labute approximate surface area is 168 Å². The molecule has 1 aliphatic heterocycles. The third-order valence-corrected chi connectivity index (χ3v) is 6.76. The van der Waals surface area contributed by atoms with Gasteiger partial charge >= 0.3 is 0 Å². The van der Waals surface area contributed by atoms with E-state index in [1.54, 1.807) is 54.6 Å². The van der Waals surface area contributed by atoms with E-state index in [2.05, 4.69) is 20.8 Å². The fourth-order valence-electron chi connectivity index (χ4n) is 3.41. The summed E-state index contributed by atoms with van der Waals surface area (Å²) in [5.41, 5.74) is 1.23. The van der Waals surface area contributed by atoms with Gasteiger partial charge in [-0.25, -0.2) is 13.1 Å². The van der Waals surface area contributed by atoms with Crippen LogP contribution in [0.1, 0.15) is 19.3 Å². The van der Waals surface area contributed by atoms with Gasteiger partial charge in [0.05, 0.1) is 10.6 Å². The maximum Gasteiger partial charge on any atom is 0.243 e. The van der Waals surface area contributed by atoms with Gasteiger partial charge in [0.1, 0.15) is 12.4 Å². The molecule has 1 fully saturated rings. The van der Waals surface area contributed by atoms with Crippen LogP contribution in [0.2, 0.25) is 0 Å². The Kier molecular flexibility index (Phi) is 5.36. The van der Waals surface area contributed by atoms with Gasteiger partial charge in [-0.05, 0) is 53.6 Å². The minimum absolute atomic E-state index is 0.195. The summed E-state index contributed by atoms with van der Waals surface area (Å²) in [6.07, 6.45) is 3.45. The molecule has 0 bridgehead atoms. The fourth-order valence-corrected chi connectivity index (χ4v) is 5.09. The predicted octanol–water partition coefficient (Wildman–Crippen LogP) is 1.84. The molecule has 3 aromatic rings. The smallest absolute Gasteiger partial charge is 0.243 e. The maximum atomic E-state index is 13.1. The number of aromatic nitrogens is 4. The number of rotatable bonds is 5. The molecule has 1 amide bonds. The number of nitrogens with zero attached hydrogens (tertiary/aromatic N) is 5. The monoisotopic (exact) mass is 412 g/mol. The lowest BCUT2D eigenvalue weighted by atomic mass is 10.0. The second kappa shape index (κ2) is 8.10. The van der Waals surface area contributed by atoms with E-state index in [0.29, 0.717) is 24.3 Å². The number of hydrogen-bond donors (Lipinski definition) is 1. The van der Waals surface area contributed by atoms with Gasteiger partial charge in [0.25, 0.3) is 0 Å². The summed E-state index contributed by atoms with van der Waals surface area (Å²) in [6, 6.07) is 14.5. The van der Waals surface area contributed by atoms with Crippen LogP contribution in [-0.4, -0.2) is 51.4 Å². The van der Waals surface area contributed by atoms with Crippen LogP contribution in [0.15, 0.2) is 65.8 Å². The van der Waals surface area contributed by atoms with Gasteiger partial charge in [0, 0.05) is 12.2 Å². The van der Waals surface area contributed by atoms with E-state index >= 15 is 0 Å². The van der Waals surface area contributed by atoms with E-state index in [-0.39, 0.29) is 10.8 Å². The summed E-state index contributed by atoms with van der Waals surface area (Å²) >= 11 is 0. The molecule has 0 aliphatic carbocycles. The van der Waals surface area contributed by atoms with Gasteiger partial charge in [-0.1, -0.05) is 30.7 Å². The van der Waals surface area contributed by atoms with Crippen LogP contribution in [0.5, 0.6) is 0 Å². The second-order valence-corrected chi connectivity index (χ2v) is 8.62. The normalized spacial score (nSPS) is 17.7. The highest BCUT2D eigenvalue weighted by molar-refractivity contribution is 7.89. The number of piperidine rings is 1. The summed E-state index contributed by atoms with van der Waals surface area (Å²) in [4.78, 5) is 13.2. The third-order valence-electron chi connectivity index (χ3n) is 4.83. The van der Waals surface area contributed by atoms with E-state index in [9.17, 15) is 13.2 Å². The molecule has 0 radical (unpaired) electrons. The second-order valence-electron chi connectivity index (χ2n) is 6.73. The number of amides is 1. The molecule has 9 nitrogen and oxygen atoms in total. The zero-order chi connectivity index (χ0) is 20.3. The van der Waals surface area contributed by atoms with Crippen molar-refractivity contribution in [1.82, 2.24) is 24.5 Å². The highest BCUT2D eigenvalue weighted by atomic mass is 32.2. The van der Waals surface area contributed by atoms with E-state index in [0.717, 1.165) is 12.8 Å². The SMILES string of the molecule is O=C(Nc1cccc(-n2cnnn2)c1)[C@@H]1CCCCN1S(=O)(=O)c1ccccc1. The predicted molar refractivity (Wildman–Crippen MR) is 106 cm³/mol. The number of tetrazole rings is 1. The summed E-state index contributed by atoms with van der Waals surface area (Å²) in [7, 11) is -3.75. The Morgan fingerprint density at radius 3 is 2.66 bits per heavy atom. The van der Waals surface area contributed by atoms with Crippen LogP contribution in [0, 0.1) is 0 Å². The molecule has 4 rings (SSSR count). The standard InChI is InChI=1S/C19H20N6O3S/c26-19(21-15-7-6-8-16(13-15)24-14-20-22-23-24)18-11-4-5-12-25(18)29(27,28)17-9-2-1-3-10-17/h1-3,6-10,13-14,18H,4-5,11-12H2,(H,21,26)/t18-/m0/s1. The van der Waals surface area contributed by atoms with Crippen molar-refractivity contribution in [3.05, 3.63) is 60.9 Å². The minimum Gasteiger partial charge on any atom is -0.325 e. The molecule has 29 heavy (non-hydrogen) atoms. The van der Waals surface area contributed by atoms with Crippen molar-refractivity contribution in [2.75, 3.05) is 11.9 Å². The molecular weight excluding hydrogens is 392 g/mol. The van der Waals surface area contributed by atoms with Crippen molar-refractivity contribution in [2.24, 2.45) is 0 Å². The zero-order valence-electron chi connectivity index (χ0n) is 15.5. The first-order valence-corrected chi connectivity index (χ1v) is 10.7. The van der Waals surface area contributed by atoms with Crippen LogP contribution in [0.4, 0.5) is 5.69 Å². The molecule has 1 saturated heterocycles. The maximum absolute atomic E-state index is 13.1. The first-order chi connectivity index (χ1) is 14.1. The van der Waals surface area contributed by atoms with Crippen LogP contribution >= 0.6 is 0 Å². The number of nitrogens with one attached hydrogen (secondary N) is 1. The number of benzene rings is 2. The molecule has 0 unspecified atom stereocenters. The van der Waals surface area contributed by atoms with Gasteiger partial charge in [-0.3, -0.25) is 4.79 Å². The van der Waals surface area contributed by atoms with E-state index < -0.39 is 16.1 Å². The Bertz CT molecular complexity index is 1090. The zero-order valence-corrected chi connectivity index (χ0v) is 16.4. The fraction of sp³-hybridized carbons (Fsp3) is 0.263. The Morgan fingerprint density at radius 1 is 1.07 bits per heavy atom. The lowest BCUT2D eigenvalue weighted by molar-refractivity contribution is -0.120. The molecule has 10 heteroatoms. The van der Waals surface area contributed by atoms with Crippen LogP contribution < -0.4 is 5.32 Å². The highest BCUT2D eigenvalue weighted by Crippen LogP contribution is 2.26. The average molecular weight is 412 g/mol. The first kappa shape index (κ1) is 19.2. The van der Waals surface area contributed by atoms with Crippen LogP contribution in [-0.2, 0) is 14.8 Å². The van der Waals surface area contributed by atoms with Crippen LogP contribution in [0.3, 0.4) is 0 Å². The van der Waals surface area contributed by atoms with Gasteiger partial charge in [-0.2, -0.15) is 4.31 Å². The van der Waals surface area contributed by atoms with E-state index in [1.807, 2.05) is 0 Å². The Morgan fingerprint density at radius 2 is 1.90 bits per heavy atom. The average Bonchev–Trinajstić information content (AvgIpc) is 3.30. The number of anilines is 1. The molecular formula is C19H20N6O3S. The van der Waals surface area contributed by atoms with Crippen molar-refractivity contribution >= 4 is 21.6 Å². The van der Waals surface area contributed by atoms with E-state index in [1.165, 1.54) is 15.3 Å². The van der Waals surface area contributed by atoms with E-state index in [4.69, 9.17) is 0 Å². The van der Waals surface area contributed by atoms with Crippen molar-refractivity contribution in [3.63, 3.8) is 0 Å². The topological polar surface area (TPSA) is 110 Å². The molecule has 1 atom stereocenters. The number of hydrogen-bond acceptors (Lipinski definition) is 6. The van der Waals surface area contributed by atoms with Gasteiger partial charge in [0.15, 0.2) is 0 Å². The number of carbonyl (C=O) groups is 1. The summed E-state index contributed by atoms with van der Waals surface area (Å²) in [5, 5.41) is 13.9.